The molecule has 1 fully saturated rings. The molecular formula is C19H20N4O3. The Bertz CT molecular complexity index is 850. The van der Waals surface area contributed by atoms with Gasteiger partial charge in [0.15, 0.2) is 0 Å². The summed E-state index contributed by atoms with van der Waals surface area (Å²) in [6.07, 6.45) is 1.38. The summed E-state index contributed by atoms with van der Waals surface area (Å²) >= 11 is 0. The standard InChI is InChI=1S/C19H20N4O3/c1-20-19(26)22-15-7-3-6-14(12-15)21-18(25)13-5-2-8-16(11-13)23-10-4-9-17(23)24/h2-3,5-8,11-12H,4,9-10H2,1H3,(H,21,25)(H2,20,22,26). The Morgan fingerprint density at radius 3 is 2.42 bits per heavy atom. The zero-order valence-corrected chi connectivity index (χ0v) is 14.4. The van der Waals surface area contributed by atoms with Crippen LogP contribution >= 0.6 is 0 Å². The molecule has 0 spiro atoms. The van der Waals surface area contributed by atoms with Crippen LogP contribution in [0.15, 0.2) is 48.5 Å². The minimum Gasteiger partial charge on any atom is -0.341 e. The number of carbonyl (C=O) groups is 3. The number of nitrogens with zero attached hydrogens (tertiary/aromatic N) is 1. The van der Waals surface area contributed by atoms with Gasteiger partial charge in [-0.15, -0.1) is 0 Å². The predicted octanol–water partition coefficient (Wildman–Crippen LogP) is 2.82. The summed E-state index contributed by atoms with van der Waals surface area (Å²) in [5, 5.41) is 7.92. The average molecular weight is 352 g/mol. The van der Waals surface area contributed by atoms with E-state index in [0.717, 1.165) is 12.1 Å². The van der Waals surface area contributed by atoms with E-state index in [2.05, 4.69) is 16.0 Å². The van der Waals surface area contributed by atoms with Crippen molar-refractivity contribution in [2.75, 3.05) is 29.1 Å². The topological polar surface area (TPSA) is 90.5 Å². The van der Waals surface area contributed by atoms with Crippen LogP contribution in [0.3, 0.4) is 0 Å². The molecule has 1 saturated heterocycles. The lowest BCUT2D eigenvalue weighted by Gasteiger charge is -2.16. The molecule has 1 heterocycles. The Morgan fingerprint density at radius 2 is 1.73 bits per heavy atom. The van der Waals surface area contributed by atoms with Crippen molar-refractivity contribution in [1.82, 2.24) is 5.32 Å². The molecule has 2 aromatic rings. The van der Waals surface area contributed by atoms with Crippen LogP contribution in [0.5, 0.6) is 0 Å². The van der Waals surface area contributed by atoms with Gasteiger partial charge >= 0.3 is 6.03 Å². The number of hydrogen-bond donors (Lipinski definition) is 3. The van der Waals surface area contributed by atoms with Crippen LogP contribution in [-0.2, 0) is 4.79 Å². The van der Waals surface area contributed by atoms with E-state index in [-0.39, 0.29) is 17.8 Å². The van der Waals surface area contributed by atoms with E-state index in [0.29, 0.717) is 29.9 Å². The summed E-state index contributed by atoms with van der Waals surface area (Å²) in [6.45, 7) is 0.678. The lowest BCUT2D eigenvalue weighted by Crippen LogP contribution is -2.24. The Morgan fingerprint density at radius 1 is 1.00 bits per heavy atom. The van der Waals surface area contributed by atoms with Crippen LogP contribution in [0.4, 0.5) is 21.9 Å². The molecule has 0 atom stereocenters. The summed E-state index contributed by atoms with van der Waals surface area (Å²) in [5.41, 5.74) is 2.33. The number of carbonyl (C=O) groups excluding carboxylic acids is 3. The highest BCUT2D eigenvalue weighted by Crippen LogP contribution is 2.23. The van der Waals surface area contributed by atoms with Gasteiger partial charge in [-0.2, -0.15) is 0 Å². The third kappa shape index (κ3) is 4.00. The van der Waals surface area contributed by atoms with Gasteiger partial charge in [0, 0.05) is 42.6 Å². The molecule has 1 aliphatic heterocycles. The van der Waals surface area contributed by atoms with Crippen molar-refractivity contribution in [3.05, 3.63) is 54.1 Å². The van der Waals surface area contributed by atoms with Crippen LogP contribution in [0, 0.1) is 0 Å². The van der Waals surface area contributed by atoms with Gasteiger partial charge < -0.3 is 20.9 Å². The lowest BCUT2D eigenvalue weighted by molar-refractivity contribution is -0.117. The molecule has 1 aliphatic rings. The third-order valence-electron chi connectivity index (χ3n) is 4.10. The molecule has 2 aromatic carbocycles. The minimum absolute atomic E-state index is 0.0792. The fourth-order valence-corrected chi connectivity index (χ4v) is 2.81. The normalized spacial score (nSPS) is 13.4. The number of nitrogens with one attached hydrogen (secondary N) is 3. The van der Waals surface area contributed by atoms with Crippen LogP contribution in [0.25, 0.3) is 0 Å². The van der Waals surface area contributed by atoms with Crippen molar-refractivity contribution in [2.24, 2.45) is 0 Å². The number of rotatable bonds is 4. The highest BCUT2D eigenvalue weighted by atomic mass is 16.2. The first-order valence-electron chi connectivity index (χ1n) is 8.37. The first-order valence-corrected chi connectivity index (χ1v) is 8.37. The van der Waals surface area contributed by atoms with E-state index in [1.54, 1.807) is 47.4 Å². The summed E-state index contributed by atoms with van der Waals surface area (Å²) in [6, 6.07) is 13.5. The number of urea groups is 1. The predicted molar refractivity (Wildman–Crippen MR) is 101 cm³/mol. The van der Waals surface area contributed by atoms with E-state index in [1.807, 2.05) is 6.07 Å². The molecule has 3 rings (SSSR count). The van der Waals surface area contributed by atoms with E-state index >= 15 is 0 Å². The molecule has 26 heavy (non-hydrogen) atoms. The molecule has 7 heteroatoms. The van der Waals surface area contributed by atoms with E-state index in [4.69, 9.17) is 0 Å². The van der Waals surface area contributed by atoms with Crippen molar-refractivity contribution in [3.8, 4) is 0 Å². The number of benzene rings is 2. The minimum atomic E-state index is -0.337. The second kappa shape index (κ2) is 7.69. The first kappa shape index (κ1) is 17.5. The summed E-state index contributed by atoms with van der Waals surface area (Å²) in [4.78, 5) is 37.5. The van der Waals surface area contributed by atoms with Gasteiger partial charge in [0.25, 0.3) is 5.91 Å². The molecule has 3 N–H and O–H groups in total. The van der Waals surface area contributed by atoms with Gasteiger partial charge in [0.05, 0.1) is 0 Å². The van der Waals surface area contributed by atoms with Crippen LogP contribution in [-0.4, -0.2) is 31.4 Å². The molecule has 0 unspecified atom stereocenters. The van der Waals surface area contributed by atoms with E-state index < -0.39 is 0 Å². The maximum absolute atomic E-state index is 12.5. The molecule has 7 nitrogen and oxygen atoms in total. The number of anilines is 3. The third-order valence-corrected chi connectivity index (χ3v) is 4.10. The van der Waals surface area contributed by atoms with Gasteiger partial charge in [-0.3, -0.25) is 9.59 Å². The molecule has 0 saturated carbocycles. The Kier molecular flexibility index (Phi) is 5.17. The fourth-order valence-electron chi connectivity index (χ4n) is 2.81. The monoisotopic (exact) mass is 352 g/mol. The quantitative estimate of drug-likeness (QED) is 0.790. The smallest absolute Gasteiger partial charge is 0.318 e. The van der Waals surface area contributed by atoms with Crippen LogP contribution in [0.1, 0.15) is 23.2 Å². The zero-order chi connectivity index (χ0) is 18.5. The van der Waals surface area contributed by atoms with Crippen LogP contribution < -0.4 is 20.9 Å². The van der Waals surface area contributed by atoms with Crippen molar-refractivity contribution >= 4 is 34.9 Å². The van der Waals surface area contributed by atoms with Crippen molar-refractivity contribution < 1.29 is 14.4 Å². The molecule has 0 radical (unpaired) electrons. The van der Waals surface area contributed by atoms with Gasteiger partial charge in [-0.1, -0.05) is 12.1 Å². The van der Waals surface area contributed by atoms with Crippen molar-refractivity contribution in [3.63, 3.8) is 0 Å². The number of hydrogen-bond acceptors (Lipinski definition) is 3. The van der Waals surface area contributed by atoms with Gasteiger partial charge in [-0.25, -0.2) is 4.79 Å². The van der Waals surface area contributed by atoms with Gasteiger partial charge in [0.1, 0.15) is 0 Å². The maximum Gasteiger partial charge on any atom is 0.318 e. The lowest BCUT2D eigenvalue weighted by atomic mass is 10.1. The van der Waals surface area contributed by atoms with Crippen LogP contribution in [0.2, 0.25) is 0 Å². The summed E-state index contributed by atoms with van der Waals surface area (Å²) < 4.78 is 0. The van der Waals surface area contributed by atoms with Crippen molar-refractivity contribution in [2.45, 2.75) is 12.8 Å². The average Bonchev–Trinajstić information content (AvgIpc) is 3.08. The Balaban J connectivity index is 1.73. The maximum atomic E-state index is 12.5. The zero-order valence-electron chi connectivity index (χ0n) is 14.4. The molecule has 0 bridgehead atoms. The highest BCUT2D eigenvalue weighted by Gasteiger charge is 2.22. The second-order valence-corrected chi connectivity index (χ2v) is 5.94. The molecule has 0 aromatic heterocycles. The number of amides is 4. The van der Waals surface area contributed by atoms with E-state index in [1.165, 1.54) is 7.05 Å². The van der Waals surface area contributed by atoms with Gasteiger partial charge in [0.2, 0.25) is 5.91 Å². The SMILES string of the molecule is CNC(=O)Nc1cccc(NC(=O)c2cccc(N3CCCC3=O)c2)c1. The van der Waals surface area contributed by atoms with Crippen molar-refractivity contribution in [1.29, 1.82) is 0 Å². The molecular weight excluding hydrogens is 332 g/mol. The molecule has 4 amide bonds. The Labute approximate surface area is 151 Å². The molecule has 134 valence electrons. The fraction of sp³-hybridized carbons (Fsp3) is 0.211. The van der Waals surface area contributed by atoms with E-state index in [9.17, 15) is 14.4 Å². The van der Waals surface area contributed by atoms with Gasteiger partial charge in [-0.05, 0) is 42.8 Å². The Hall–Kier alpha value is -3.35. The second-order valence-electron chi connectivity index (χ2n) is 5.94. The summed E-state index contributed by atoms with van der Waals surface area (Å²) in [7, 11) is 1.53. The summed E-state index contributed by atoms with van der Waals surface area (Å²) in [5.74, 6) is -0.203. The highest BCUT2D eigenvalue weighted by molar-refractivity contribution is 6.06. The molecule has 0 aliphatic carbocycles. The first-order chi connectivity index (χ1) is 12.6. The largest absolute Gasteiger partial charge is 0.341 e.